The summed E-state index contributed by atoms with van der Waals surface area (Å²) in [6.45, 7) is 1.50. The Bertz CT molecular complexity index is 727. The Morgan fingerprint density at radius 1 is 1.23 bits per heavy atom. The molecule has 0 aliphatic carbocycles. The van der Waals surface area contributed by atoms with Crippen LogP contribution in [0, 0.1) is 0 Å². The highest BCUT2D eigenvalue weighted by Gasteiger charge is 2.32. The number of benzene rings is 1. The van der Waals surface area contributed by atoms with Crippen molar-refractivity contribution in [2.75, 3.05) is 18.4 Å². The van der Waals surface area contributed by atoms with Crippen LogP contribution < -0.4 is 10.6 Å². The third-order valence-corrected chi connectivity index (χ3v) is 4.32. The van der Waals surface area contributed by atoms with E-state index in [1.807, 2.05) is 4.90 Å². The maximum absolute atomic E-state index is 12.8. The fourth-order valence-electron chi connectivity index (χ4n) is 2.99. The Kier molecular flexibility index (Phi) is 5.15. The lowest BCUT2D eigenvalue weighted by Gasteiger charge is -2.32. The van der Waals surface area contributed by atoms with Crippen molar-refractivity contribution in [2.45, 2.75) is 37.9 Å². The highest BCUT2D eigenvalue weighted by Crippen LogP contribution is 2.30. The molecule has 2 aliphatic heterocycles. The van der Waals surface area contributed by atoms with Gasteiger partial charge in [0.2, 0.25) is 17.8 Å². The number of anilines is 1. The van der Waals surface area contributed by atoms with Crippen molar-refractivity contribution in [3.05, 3.63) is 29.8 Å². The number of likely N-dealkylation sites (tertiary alicyclic amines) is 1. The van der Waals surface area contributed by atoms with E-state index in [-0.39, 0.29) is 18.0 Å². The van der Waals surface area contributed by atoms with Crippen molar-refractivity contribution >= 4 is 23.5 Å². The second-order valence-corrected chi connectivity index (χ2v) is 6.34. The van der Waals surface area contributed by atoms with Crippen LogP contribution in [0.15, 0.2) is 29.3 Å². The SMILES string of the molecule is O=C1C[C@H](C(=O)Nc2cccc(C(F)(F)F)c2)N=C(N2CCCCC2)N1. The summed E-state index contributed by atoms with van der Waals surface area (Å²) in [7, 11) is 0. The molecule has 0 bridgehead atoms. The molecule has 2 amide bonds. The number of guanidine groups is 1. The molecule has 1 aromatic carbocycles. The minimum atomic E-state index is -4.49. The van der Waals surface area contributed by atoms with Crippen LogP contribution in [0.4, 0.5) is 18.9 Å². The second kappa shape index (κ2) is 7.35. The van der Waals surface area contributed by atoms with E-state index in [9.17, 15) is 22.8 Å². The molecule has 2 heterocycles. The van der Waals surface area contributed by atoms with E-state index in [4.69, 9.17) is 0 Å². The Hall–Kier alpha value is -2.58. The zero-order valence-corrected chi connectivity index (χ0v) is 14.0. The molecular formula is C17H19F3N4O2. The number of amides is 2. The number of aliphatic imine (C=N–C) groups is 1. The Labute approximate surface area is 148 Å². The maximum atomic E-state index is 12.8. The van der Waals surface area contributed by atoms with E-state index in [2.05, 4.69) is 15.6 Å². The molecule has 2 N–H and O–H groups in total. The molecule has 0 saturated carbocycles. The highest BCUT2D eigenvalue weighted by atomic mass is 19.4. The van der Waals surface area contributed by atoms with Gasteiger partial charge in [-0.1, -0.05) is 6.07 Å². The van der Waals surface area contributed by atoms with Crippen LogP contribution in [0.5, 0.6) is 0 Å². The van der Waals surface area contributed by atoms with Crippen molar-refractivity contribution in [1.82, 2.24) is 10.2 Å². The molecule has 1 saturated heterocycles. The topological polar surface area (TPSA) is 73.8 Å². The predicted octanol–water partition coefficient (Wildman–Crippen LogP) is 2.37. The van der Waals surface area contributed by atoms with Crippen molar-refractivity contribution in [3.63, 3.8) is 0 Å². The number of nitrogens with zero attached hydrogens (tertiary/aromatic N) is 2. The summed E-state index contributed by atoms with van der Waals surface area (Å²) in [6, 6.07) is 3.40. The highest BCUT2D eigenvalue weighted by molar-refractivity contribution is 6.05. The van der Waals surface area contributed by atoms with Crippen LogP contribution in [-0.2, 0) is 15.8 Å². The third-order valence-electron chi connectivity index (χ3n) is 4.32. The summed E-state index contributed by atoms with van der Waals surface area (Å²) in [6.07, 6.45) is -1.56. The molecule has 1 atom stereocenters. The van der Waals surface area contributed by atoms with Gasteiger partial charge in [0.1, 0.15) is 6.04 Å². The van der Waals surface area contributed by atoms with Crippen molar-refractivity contribution in [3.8, 4) is 0 Å². The zero-order valence-electron chi connectivity index (χ0n) is 14.0. The maximum Gasteiger partial charge on any atom is 0.416 e. The summed E-state index contributed by atoms with van der Waals surface area (Å²) >= 11 is 0. The molecule has 6 nitrogen and oxygen atoms in total. The first-order valence-electron chi connectivity index (χ1n) is 8.43. The van der Waals surface area contributed by atoms with Gasteiger partial charge in [0.05, 0.1) is 12.0 Å². The second-order valence-electron chi connectivity index (χ2n) is 6.34. The Morgan fingerprint density at radius 3 is 2.65 bits per heavy atom. The number of hydrogen-bond acceptors (Lipinski definition) is 4. The minimum Gasteiger partial charge on any atom is -0.343 e. The van der Waals surface area contributed by atoms with Crippen LogP contribution in [0.1, 0.15) is 31.2 Å². The number of hydrogen-bond donors (Lipinski definition) is 2. The molecule has 1 fully saturated rings. The number of piperidine rings is 1. The lowest BCUT2D eigenvalue weighted by molar-refractivity contribution is -0.137. The molecule has 2 aliphatic rings. The van der Waals surface area contributed by atoms with Crippen LogP contribution in [-0.4, -0.2) is 41.8 Å². The summed E-state index contributed by atoms with van der Waals surface area (Å²) in [4.78, 5) is 30.5. The molecule has 0 radical (unpaired) electrons. The molecule has 0 spiro atoms. The van der Waals surface area contributed by atoms with Crippen molar-refractivity contribution in [2.24, 2.45) is 4.99 Å². The van der Waals surface area contributed by atoms with Gasteiger partial charge in [-0.05, 0) is 37.5 Å². The van der Waals surface area contributed by atoms with E-state index in [0.29, 0.717) is 5.96 Å². The van der Waals surface area contributed by atoms with Gasteiger partial charge < -0.3 is 10.2 Å². The van der Waals surface area contributed by atoms with Crippen LogP contribution in [0.2, 0.25) is 0 Å². The number of carbonyl (C=O) groups excluding carboxylic acids is 2. The van der Waals surface area contributed by atoms with Gasteiger partial charge in [0, 0.05) is 18.8 Å². The number of alkyl halides is 3. The standard InChI is InChI=1S/C17H19F3N4O2/c18-17(19,20)11-5-4-6-12(9-11)21-15(26)13-10-14(25)23-16(22-13)24-7-2-1-3-8-24/h4-6,9,13H,1-3,7-8,10H2,(H,21,26)(H,22,23,25)/t13-/m1/s1. The fraction of sp³-hybridized carbons (Fsp3) is 0.471. The quantitative estimate of drug-likeness (QED) is 0.842. The normalized spacial score (nSPS) is 21.0. The van der Waals surface area contributed by atoms with Gasteiger partial charge in [-0.25, -0.2) is 4.99 Å². The first-order valence-corrected chi connectivity index (χ1v) is 8.43. The summed E-state index contributed by atoms with van der Waals surface area (Å²) in [5.74, 6) is -0.566. The summed E-state index contributed by atoms with van der Waals surface area (Å²) in [5.41, 5.74) is -0.834. The average Bonchev–Trinajstić information content (AvgIpc) is 2.61. The fourth-order valence-corrected chi connectivity index (χ4v) is 2.99. The first-order chi connectivity index (χ1) is 12.3. The van der Waals surface area contributed by atoms with Gasteiger partial charge in [-0.2, -0.15) is 13.2 Å². The predicted molar refractivity (Wildman–Crippen MR) is 89.5 cm³/mol. The summed E-state index contributed by atoms with van der Waals surface area (Å²) < 4.78 is 38.3. The summed E-state index contributed by atoms with van der Waals surface area (Å²) in [5, 5.41) is 5.10. The van der Waals surface area contributed by atoms with Gasteiger partial charge in [-0.15, -0.1) is 0 Å². The lowest BCUT2D eigenvalue weighted by Crippen LogP contribution is -2.51. The minimum absolute atomic E-state index is 0.0190. The molecule has 0 unspecified atom stereocenters. The molecule has 140 valence electrons. The smallest absolute Gasteiger partial charge is 0.343 e. The van der Waals surface area contributed by atoms with E-state index in [1.165, 1.54) is 12.1 Å². The van der Waals surface area contributed by atoms with Crippen molar-refractivity contribution < 1.29 is 22.8 Å². The Balaban J connectivity index is 1.73. The van der Waals surface area contributed by atoms with Gasteiger partial charge in [0.15, 0.2) is 0 Å². The monoisotopic (exact) mass is 368 g/mol. The van der Waals surface area contributed by atoms with E-state index < -0.39 is 23.7 Å². The number of rotatable bonds is 2. The zero-order chi connectivity index (χ0) is 18.7. The molecular weight excluding hydrogens is 349 g/mol. The number of nitrogens with one attached hydrogen (secondary N) is 2. The van der Waals surface area contributed by atoms with Gasteiger partial charge in [-0.3, -0.25) is 14.9 Å². The van der Waals surface area contributed by atoms with Crippen LogP contribution in [0.3, 0.4) is 0 Å². The van der Waals surface area contributed by atoms with Crippen LogP contribution >= 0.6 is 0 Å². The molecule has 0 aromatic heterocycles. The largest absolute Gasteiger partial charge is 0.416 e. The lowest BCUT2D eigenvalue weighted by atomic mass is 10.1. The van der Waals surface area contributed by atoms with Gasteiger partial charge in [0.25, 0.3) is 0 Å². The van der Waals surface area contributed by atoms with E-state index in [0.717, 1.165) is 44.5 Å². The molecule has 1 aromatic rings. The van der Waals surface area contributed by atoms with E-state index in [1.54, 1.807) is 0 Å². The number of halogens is 3. The van der Waals surface area contributed by atoms with Crippen LogP contribution in [0.25, 0.3) is 0 Å². The third kappa shape index (κ3) is 4.33. The Morgan fingerprint density at radius 2 is 1.96 bits per heavy atom. The first kappa shape index (κ1) is 18.2. The molecule has 26 heavy (non-hydrogen) atoms. The number of carbonyl (C=O) groups is 2. The van der Waals surface area contributed by atoms with Crippen molar-refractivity contribution in [1.29, 1.82) is 0 Å². The molecule has 9 heteroatoms. The molecule has 3 rings (SSSR count). The van der Waals surface area contributed by atoms with E-state index >= 15 is 0 Å². The van der Waals surface area contributed by atoms with Gasteiger partial charge >= 0.3 is 6.18 Å². The average molecular weight is 368 g/mol.